The fourth-order valence-corrected chi connectivity index (χ4v) is 1.92. The van der Waals surface area contributed by atoms with Gasteiger partial charge in [-0.2, -0.15) is 0 Å². The zero-order chi connectivity index (χ0) is 13.4. The molecule has 0 fully saturated rings. The lowest BCUT2D eigenvalue weighted by Gasteiger charge is -2.17. The summed E-state index contributed by atoms with van der Waals surface area (Å²) in [7, 11) is 0. The van der Waals surface area contributed by atoms with E-state index in [0.29, 0.717) is 30.6 Å². The lowest BCUT2D eigenvalue weighted by molar-refractivity contribution is 0.220. The molecule has 0 aromatic heterocycles. The van der Waals surface area contributed by atoms with E-state index >= 15 is 0 Å². The first-order valence-electron chi connectivity index (χ1n) is 6.71. The van der Waals surface area contributed by atoms with Crippen molar-refractivity contribution in [3.8, 4) is 11.5 Å². The predicted octanol–water partition coefficient (Wildman–Crippen LogP) is 3.39. The minimum Gasteiger partial charge on any atom is -0.490 e. The molecule has 0 radical (unpaired) electrons. The topological polar surface area (TPSA) is 38.7 Å². The lowest BCUT2D eigenvalue weighted by atomic mass is 10.1. The molecule has 0 saturated heterocycles. The van der Waals surface area contributed by atoms with Gasteiger partial charge in [-0.05, 0) is 25.3 Å². The number of rotatable bonds is 8. The van der Waals surface area contributed by atoms with Crippen LogP contribution in [0.5, 0.6) is 11.5 Å². The van der Waals surface area contributed by atoms with Crippen LogP contribution in [-0.4, -0.2) is 18.3 Å². The molecule has 0 spiro atoms. The van der Waals surface area contributed by atoms with Gasteiger partial charge < -0.3 is 14.6 Å². The summed E-state index contributed by atoms with van der Waals surface area (Å²) in [5, 5.41) is 9.34. The minimum atomic E-state index is -0.0294. The molecule has 3 nitrogen and oxygen atoms in total. The van der Waals surface area contributed by atoms with Crippen molar-refractivity contribution in [1.82, 2.24) is 0 Å². The summed E-state index contributed by atoms with van der Waals surface area (Å²) in [6.07, 6.45) is 2.30. The van der Waals surface area contributed by atoms with E-state index < -0.39 is 0 Å². The summed E-state index contributed by atoms with van der Waals surface area (Å²) in [6.45, 7) is 7.50. The second kappa shape index (κ2) is 7.98. The summed E-state index contributed by atoms with van der Waals surface area (Å²) in [6, 6.07) is 5.61. The molecule has 1 aromatic rings. The van der Waals surface area contributed by atoms with Gasteiger partial charge in [0.1, 0.15) is 0 Å². The Kier molecular flexibility index (Phi) is 6.58. The van der Waals surface area contributed by atoms with Crippen molar-refractivity contribution in [3.63, 3.8) is 0 Å². The van der Waals surface area contributed by atoms with Gasteiger partial charge in [-0.25, -0.2) is 0 Å². The molecule has 1 aromatic carbocycles. The van der Waals surface area contributed by atoms with E-state index in [4.69, 9.17) is 9.47 Å². The van der Waals surface area contributed by atoms with Gasteiger partial charge in [0, 0.05) is 5.56 Å². The lowest BCUT2D eigenvalue weighted by Crippen LogP contribution is -2.10. The maximum absolute atomic E-state index is 9.34. The Morgan fingerprint density at radius 3 is 2.61 bits per heavy atom. The number of hydrogen-bond acceptors (Lipinski definition) is 3. The first kappa shape index (κ1) is 14.8. The number of aliphatic hydroxyl groups excluding tert-OH is 1. The molecule has 18 heavy (non-hydrogen) atoms. The fraction of sp³-hybridized carbons (Fsp3) is 0.600. The largest absolute Gasteiger partial charge is 0.490 e. The number of benzene rings is 1. The highest BCUT2D eigenvalue weighted by molar-refractivity contribution is 5.46. The molecule has 0 aliphatic heterocycles. The van der Waals surface area contributed by atoms with Gasteiger partial charge in [-0.1, -0.05) is 32.4 Å². The van der Waals surface area contributed by atoms with E-state index in [0.717, 1.165) is 18.4 Å². The standard InChI is InChI=1S/C15H24O3/c1-4-7-12(3)11-18-15-13(10-16)8-6-9-14(15)17-5-2/h6,8-9,12,16H,4-5,7,10-11H2,1-3H3. The van der Waals surface area contributed by atoms with Gasteiger partial charge in [-0.3, -0.25) is 0 Å². The zero-order valence-electron chi connectivity index (χ0n) is 11.6. The van der Waals surface area contributed by atoms with E-state index in [1.165, 1.54) is 0 Å². The van der Waals surface area contributed by atoms with E-state index in [2.05, 4.69) is 13.8 Å². The van der Waals surface area contributed by atoms with Crippen molar-refractivity contribution in [1.29, 1.82) is 0 Å². The zero-order valence-corrected chi connectivity index (χ0v) is 11.6. The normalized spacial score (nSPS) is 12.2. The van der Waals surface area contributed by atoms with Crippen LogP contribution in [0.15, 0.2) is 18.2 Å². The molecule has 3 heteroatoms. The summed E-state index contributed by atoms with van der Waals surface area (Å²) >= 11 is 0. The molecule has 0 bridgehead atoms. The Labute approximate surface area is 110 Å². The van der Waals surface area contributed by atoms with Gasteiger partial charge in [0.15, 0.2) is 11.5 Å². The third-order valence-corrected chi connectivity index (χ3v) is 2.82. The van der Waals surface area contributed by atoms with E-state index in [-0.39, 0.29) is 6.61 Å². The van der Waals surface area contributed by atoms with Gasteiger partial charge in [0.25, 0.3) is 0 Å². The molecule has 0 saturated carbocycles. The van der Waals surface area contributed by atoms with Crippen LogP contribution in [0.3, 0.4) is 0 Å². The second-order valence-corrected chi connectivity index (χ2v) is 4.54. The highest BCUT2D eigenvalue weighted by Gasteiger charge is 2.11. The fourth-order valence-electron chi connectivity index (χ4n) is 1.92. The monoisotopic (exact) mass is 252 g/mol. The van der Waals surface area contributed by atoms with Crippen LogP contribution in [0.4, 0.5) is 0 Å². The molecule has 1 atom stereocenters. The van der Waals surface area contributed by atoms with Gasteiger partial charge in [0.05, 0.1) is 19.8 Å². The Morgan fingerprint density at radius 2 is 2.00 bits per heavy atom. The Balaban J connectivity index is 2.77. The third-order valence-electron chi connectivity index (χ3n) is 2.82. The molecule has 102 valence electrons. The molecule has 0 heterocycles. The molecule has 0 amide bonds. The van der Waals surface area contributed by atoms with Crippen LogP contribution >= 0.6 is 0 Å². The highest BCUT2D eigenvalue weighted by Crippen LogP contribution is 2.32. The second-order valence-electron chi connectivity index (χ2n) is 4.54. The maximum atomic E-state index is 9.34. The maximum Gasteiger partial charge on any atom is 0.166 e. The highest BCUT2D eigenvalue weighted by atomic mass is 16.5. The van der Waals surface area contributed by atoms with E-state index in [9.17, 15) is 5.11 Å². The van der Waals surface area contributed by atoms with Crippen LogP contribution in [0.1, 0.15) is 39.2 Å². The molecule has 0 aliphatic rings. The van der Waals surface area contributed by atoms with Gasteiger partial charge in [0.2, 0.25) is 0 Å². The molecule has 1 N–H and O–H groups in total. The summed E-state index contributed by atoms with van der Waals surface area (Å²) in [5.41, 5.74) is 0.782. The number of aliphatic hydroxyl groups is 1. The first-order valence-corrected chi connectivity index (χ1v) is 6.71. The van der Waals surface area contributed by atoms with Crippen molar-refractivity contribution in [2.45, 2.75) is 40.2 Å². The van der Waals surface area contributed by atoms with Crippen molar-refractivity contribution in [3.05, 3.63) is 23.8 Å². The van der Waals surface area contributed by atoms with Crippen LogP contribution in [0.2, 0.25) is 0 Å². The molecular weight excluding hydrogens is 228 g/mol. The minimum absolute atomic E-state index is 0.0294. The summed E-state index contributed by atoms with van der Waals surface area (Å²) in [5.74, 6) is 1.91. The van der Waals surface area contributed by atoms with Crippen LogP contribution in [-0.2, 0) is 6.61 Å². The third kappa shape index (κ3) is 4.22. The van der Waals surface area contributed by atoms with Crippen LogP contribution < -0.4 is 9.47 Å². The average Bonchev–Trinajstić information content (AvgIpc) is 2.37. The number of para-hydroxylation sites is 1. The summed E-state index contributed by atoms with van der Waals surface area (Å²) in [4.78, 5) is 0. The quantitative estimate of drug-likeness (QED) is 0.770. The Morgan fingerprint density at radius 1 is 1.22 bits per heavy atom. The Bertz CT molecular complexity index is 350. The van der Waals surface area contributed by atoms with Gasteiger partial charge >= 0.3 is 0 Å². The molecular formula is C15H24O3. The van der Waals surface area contributed by atoms with Gasteiger partial charge in [-0.15, -0.1) is 0 Å². The molecule has 1 rings (SSSR count). The number of ether oxygens (including phenoxy) is 2. The smallest absolute Gasteiger partial charge is 0.166 e. The summed E-state index contributed by atoms with van der Waals surface area (Å²) < 4.78 is 11.4. The SMILES string of the molecule is CCCC(C)COc1c(CO)cccc1OCC. The van der Waals surface area contributed by atoms with Crippen LogP contribution in [0, 0.1) is 5.92 Å². The molecule has 1 unspecified atom stereocenters. The van der Waals surface area contributed by atoms with Crippen molar-refractivity contribution < 1.29 is 14.6 Å². The van der Waals surface area contributed by atoms with Crippen molar-refractivity contribution in [2.24, 2.45) is 5.92 Å². The van der Waals surface area contributed by atoms with Crippen LogP contribution in [0.25, 0.3) is 0 Å². The first-order chi connectivity index (χ1) is 8.72. The average molecular weight is 252 g/mol. The van der Waals surface area contributed by atoms with Crippen molar-refractivity contribution >= 4 is 0 Å². The number of hydrogen-bond donors (Lipinski definition) is 1. The van der Waals surface area contributed by atoms with E-state index in [1.54, 1.807) is 0 Å². The Hall–Kier alpha value is -1.22. The van der Waals surface area contributed by atoms with Crippen molar-refractivity contribution in [2.75, 3.05) is 13.2 Å². The molecule has 0 aliphatic carbocycles. The predicted molar refractivity (Wildman–Crippen MR) is 73.1 cm³/mol. The van der Waals surface area contributed by atoms with E-state index in [1.807, 2.05) is 25.1 Å².